The lowest BCUT2D eigenvalue weighted by Crippen LogP contribution is -2.32. The summed E-state index contributed by atoms with van der Waals surface area (Å²) in [5, 5.41) is 11.8. The molecule has 0 saturated carbocycles. The van der Waals surface area contributed by atoms with E-state index in [1.165, 1.54) is 0 Å². The zero-order chi connectivity index (χ0) is 13.5. The van der Waals surface area contributed by atoms with Crippen molar-refractivity contribution in [3.05, 3.63) is 35.6 Å². The molecule has 3 heteroatoms. The largest absolute Gasteiger partial charge is 0.326 e. The second-order valence-electron chi connectivity index (χ2n) is 4.76. The van der Waals surface area contributed by atoms with E-state index >= 15 is 0 Å². The molecule has 96 valence electrons. The second-order valence-corrected chi connectivity index (χ2v) is 4.76. The summed E-state index contributed by atoms with van der Waals surface area (Å²) in [5.74, 6) is 0.370. The van der Waals surface area contributed by atoms with Crippen LogP contribution >= 0.6 is 0 Å². The van der Waals surface area contributed by atoms with Gasteiger partial charge in [-0.25, -0.2) is 0 Å². The highest BCUT2D eigenvalue weighted by atomic mass is 16.1. The average molecular weight is 244 g/mol. The standard InChI is InChI=1S/C15H20N2O/c1-4-14(11(2)3)15(18)17-13-8-6-5-7-12(9-13)10-16/h5,7-9,11,14H,4,6H2,1-3H3,(H,17,18). The third-order valence-electron chi connectivity index (χ3n) is 3.06. The quantitative estimate of drug-likeness (QED) is 0.826. The number of rotatable bonds is 4. The lowest BCUT2D eigenvalue weighted by molar-refractivity contribution is -0.125. The summed E-state index contributed by atoms with van der Waals surface area (Å²) in [6.07, 6.45) is 8.88. The van der Waals surface area contributed by atoms with E-state index in [9.17, 15) is 4.79 Å². The molecule has 3 nitrogen and oxygen atoms in total. The fourth-order valence-electron chi connectivity index (χ4n) is 2.02. The minimum atomic E-state index is 0.0149. The summed E-state index contributed by atoms with van der Waals surface area (Å²) < 4.78 is 0. The number of hydrogen-bond donors (Lipinski definition) is 1. The summed E-state index contributed by atoms with van der Waals surface area (Å²) in [5.41, 5.74) is 1.29. The fourth-order valence-corrected chi connectivity index (χ4v) is 2.02. The summed E-state index contributed by atoms with van der Waals surface area (Å²) in [6.45, 7) is 6.12. The smallest absolute Gasteiger partial charge is 0.227 e. The zero-order valence-electron chi connectivity index (χ0n) is 11.2. The van der Waals surface area contributed by atoms with Crippen molar-refractivity contribution in [2.45, 2.75) is 33.6 Å². The molecule has 0 aromatic carbocycles. The van der Waals surface area contributed by atoms with Crippen molar-refractivity contribution in [3.8, 4) is 6.07 Å². The lowest BCUT2D eigenvalue weighted by atomic mass is 9.92. The van der Waals surface area contributed by atoms with Crippen LogP contribution in [-0.2, 0) is 4.79 Å². The Morgan fingerprint density at radius 1 is 1.56 bits per heavy atom. The molecule has 0 heterocycles. The van der Waals surface area contributed by atoms with Gasteiger partial charge in [0.2, 0.25) is 5.91 Å². The van der Waals surface area contributed by atoms with Gasteiger partial charge in [0.25, 0.3) is 0 Å². The number of allylic oxidation sites excluding steroid dienone is 5. The van der Waals surface area contributed by atoms with Crippen LogP contribution in [0.1, 0.15) is 33.6 Å². The molecule has 1 aliphatic carbocycles. The van der Waals surface area contributed by atoms with Crippen LogP contribution in [-0.4, -0.2) is 5.91 Å². The van der Waals surface area contributed by atoms with Crippen LogP contribution in [0.4, 0.5) is 0 Å². The van der Waals surface area contributed by atoms with E-state index in [2.05, 4.69) is 11.4 Å². The number of amides is 1. The number of hydrogen-bond acceptors (Lipinski definition) is 2. The Balaban J connectivity index is 2.76. The molecule has 1 aliphatic rings. The molecule has 0 fully saturated rings. The molecule has 0 saturated heterocycles. The van der Waals surface area contributed by atoms with Crippen LogP contribution in [0.5, 0.6) is 0 Å². The first kappa shape index (κ1) is 14.2. The van der Waals surface area contributed by atoms with Crippen LogP contribution in [0.15, 0.2) is 35.6 Å². The fraction of sp³-hybridized carbons (Fsp3) is 0.467. The second kappa shape index (κ2) is 6.80. The van der Waals surface area contributed by atoms with Crippen LogP contribution in [0.3, 0.4) is 0 Å². The molecule has 1 rings (SSSR count). The predicted octanol–water partition coefficient (Wildman–Crippen LogP) is 3.08. The maximum atomic E-state index is 12.1. The van der Waals surface area contributed by atoms with E-state index in [1.54, 1.807) is 12.2 Å². The topological polar surface area (TPSA) is 52.9 Å². The first-order chi connectivity index (χ1) is 8.58. The molecule has 0 aromatic heterocycles. The van der Waals surface area contributed by atoms with Crippen molar-refractivity contribution in [2.24, 2.45) is 11.8 Å². The van der Waals surface area contributed by atoms with Crippen molar-refractivity contribution >= 4 is 5.91 Å². The first-order valence-corrected chi connectivity index (χ1v) is 6.37. The van der Waals surface area contributed by atoms with Gasteiger partial charge < -0.3 is 5.32 Å². The Morgan fingerprint density at radius 3 is 2.83 bits per heavy atom. The van der Waals surface area contributed by atoms with Crippen LogP contribution in [0.2, 0.25) is 0 Å². The van der Waals surface area contributed by atoms with E-state index < -0.39 is 0 Å². The first-order valence-electron chi connectivity index (χ1n) is 6.37. The van der Waals surface area contributed by atoms with Gasteiger partial charge in [0, 0.05) is 11.6 Å². The molecule has 18 heavy (non-hydrogen) atoms. The predicted molar refractivity (Wildman–Crippen MR) is 72.3 cm³/mol. The number of nitrogens with one attached hydrogen (secondary N) is 1. The minimum absolute atomic E-state index is 0.0149. The van der Waals surface area contributed by atoms with Crippen molar-refractivity contribution in [2.75, 3.05) is 0 Å². The van der Waals surface area contributed by atoms with Crippen LogP contribution in [0, 0.1) is 23.2 Å². The highest BCUT2D eigenvalue weighted by Gasteiger charge is 2.20. The Bertz CT molecular complexity index is 436. The summed E-state index contributed by atoms with van der Waals surface area (Å²) in [7, 11) is 0. The van der Waals surface area contributed by atoms with Gasteiger partial charge in [-0.05, 0) is 30.9 Å². The third kappa shape index (κ3) is 3.89. The maximum absolute atomic E-state index is 12.1. The molecule has 1 amide bonds. The average Bonchev–Trinajstić information content (AvgIpc) is 2.54. The minimum Gasteiger partial charge on any atom is -0.326 e. The summed E-state index contributed by atoms with van der Waals surface area (Å²) in [6, 6.07) is 2.10. The van der Waals surface area contributed by atoms with E-state index in [1.807, 2.05) is 32.9 Å². The molecule has 1 N–H and O–H groups in total. The van der Waals surface area contributed by atoms with Gasteiger partial charge in [-0.3, -0.25) is 4.79 Å². The van der Waals surface area contributed by atoms with Crippen molar-refractivity contribution < 1.29 is 4.79 Å². The molecule has 0 radical (unpaired) electrons. The SMILES string of the molecule is CCC(C(=O)NC1=CCC=CC(C#N)=C1)C(C)C. The van der Waals surface area contributed by atoms with Gasteiger partial charge in [0.05, 0.1) is 11.6 Å². The number of nitriles is 1. The van der Waals surface area contributed by atoms with Gasteiger partial charge in [-0.15, -0.1) is 0 Å². The Kier molecular flexibility index (Phi) is 5.38. The van der Waals surface area contributed by atoms with Gasteiger partial charge in [0.15, 0.2) is 0 Å². The van der Waals surface area contributed by atoms with E-state index in [0.717, 1.165) is 18.5 Å². The monoisotopic (exact) mass is 244 g/mol. The van der Waals surface area contributed by atoms with Crippen molar-refractivity contribution in [3.63, 3.8) is 0 Å². The van der Waals surface area contributed by atoms with Crippen LogP contribution < -0.4 is 5.32 Å². The molecule has 0 spiro atoms. The summed E-state index contributed by atoms with van der Waals surface area (Å²) in [4.78, 5) is 12.1. The molecule has 1 atom stereocenters. The normalized spacial score (nSPS) is 16.4. The van der Waals surface area contributed by atoms with E-state index in [0.29, 0.717) is 11.5 Å². The Morgan fingerprint density at radius 2 is 2.28 bits per heavy atom. The third-order valence-corrected chi connectivity index (χ3v) is 3.06. The van der Waals surface area contributed by atoms with Gasteiger partial charge >= 0.3 is 0 Å². The highest BCUT2D eigenvalue weighted by Crippen LogP contribution is 2.16. The van der Waals surface area contributed by atoms with Crippen molar-refractivity contribution in [1.82, 2.24) is 5.32 Å². The Labute approximate surface area is 109 Å². The van der Waals surface area contributed by atoms with E-state index in [4.69, 9.17) is 5.26 Å². The van der Waals surface area contributed by atoms with Gasteiger partial charge in [-0.2, -0.15) is 5.26 Å². The number of carbonyl (C=O) groups excluding carboxylic acids is 1. The maximum Gasteiger partial charge on any atom is 0.227 e. The zero-order valence-corrected chi connectivity index (χ0v) is 11.2. The molecule has 0 bridgehead atoms. The molecule has 0 aliphatic heterocycles. The highest BCUT2D eigenvalue weighted by molar-refractivity contribution is 5.81. The van der Waals surface area contributed by atoms with Crippen molar-refractivity contribution in [1.29, 1.82) is 5.26 Å². The number of nitrogens with zero attached hydrogens (tertiary/aromatic N) is 1. The van der Waals surface area contributed by atoms with Gasteiger partial charge in [-0.1, -0.05) is 32.9 Å². The lowest BCUT2D eigenvalue weighted by Gasteiger charge is -2.18. The van der Waals surface area contributed by atoms with E-state index in [-0.39, 0.29) is 11.8 Å². The summed E-state index contributed by atoms with van der Waals surface area (Å²) >= 11 is 0. The molecule has 0 aromatic rings. The molecular formula is C15H20N2O. The number of carbonyl (C=O) groups is 1. The van der Waals surface area contributed by atoms with Crippen LogP contribution in [0.25, 0.3) is 0 Å². The molecular weight excluding hydrogens is 224 g/mol. The Hall–Kier alpha value is -1.82. The van der Waals surface area contributed by atoms with Gasteiger partial charge in [0.1, 0.15) is 0 Å². The molecule has 1 unspecified atom stereocenters.